The zero-order valence-electron chi connectivity index (χ0n) is 11.2. The van der Waals surface area contributed by atoms with Crippen LogP contribution in [0.5, 0.6) is 0 Å². The second kappa shape index (κ2) is 6.33. The number of amides is 1. The third-order valence-electron chi connectivity index (χ3n) is 2.76. The molecule has 1 rings (SSSR count). The van der Waals surface area contributed by atoms with Gasteiger partial charge in [0, 0.05) is 23.5 Å². The van der Waals surface area contributed by atoms with Gasteiger partial charge in [-0.05, 0) is 18.2 Å². The van der Waals surface area contributed by atoms with Crippen molar-refractivity contribution >= 4 is 21.4 Å². The Morgan fingerprint density at radius 1 is 1.33 bits per heavy atom. The predicted octanol–water partition coefficient (Wildman–Crippen LogP) is 1.45. The lowest BCUT2D eigenvalue weighted by atomic mass is 10.1. The number of nitrogens with two attached hydrogens (primary N) is 1. The van der Waals surface area contributed by atoms with Crippen LogP contribution >= 0.6 is 0 Å². The number of halogens is 3. The molecule has 1 amide bonds. The number of rotatable bonds is 5. The van der Waals surface area contributed by atoms with Gasteiger partial charge in [0.1, 0.15) is 0 Å². The number of alkyl halides is 3. The van der Waals surface area contributed by atoms with E-state index in [1.54, 1.807) is 0 Å². The smallest absolute Gasteiger partial charge is 0.398 e. The molecule has 9 heteroatoms. The molecule has 0 aliphatic carbocycles. The Labute approximate surface area is 120 Å². The standard InChI is InChI=1S/C12H15F3N2O3S/c1-2-21(19,20)6-5-17-11(18)8-3-4-10(16)9(7-8)12(13,14)15/h3-4,7H,2,5-6,16H2,1H3,(H,17,18). The van der Waals surface area contributed by atoms with Crippen molar-refractivity contribution in [3.63, 3.8) is 0 Å². The maximum atomic E-state index is 12.7. The number of anilines is 1. The number of hydrogen-bond donors (Lipinski definition) is 2. The van der Waals surface area contributed by atoms with Gasteiger partial charge in [-0.2, -0.15) is 13.2 Å². The third-order valence-corrected chi connectivity index (χ3v) is 4.47. The molecule has 0 unspecified atom stereocenters. The molecule has 21 heavy (non-hydrogen) atoms. The highest BCUT2D eigenvalue weighted by atomic mass is 32.2. The number of carbonyl (C=O) groups excluding carboxylic acids is 1. The maximum absolute atomic E-state index is 12.7. The van der Waals surface area contributed by atoms with E-state index in [0.717, 1.165) is 12.1 Å². The third kappa shape index (κ3) is 4.92. The zero-order valence-corrected chi connectivity index (χ0v) is 12.0. The summed E-state index contributed by atoms with van der Waals surface area (Å²) in [6.45, 7) is 1.30. The molecule has 0 bridgehead atoms. The Hall–Kier alpha value is -1.77. The fourth-order valence-corrected chi connectivity index (χ4v) is 2.21. The van der Waals surface area contributed by atoms with Gasteiger partial charge in [-0.3, -0.25) is 4.79 Å². The lowest BCUT2D eigenvalue weighted by molar-refractivity contribution is -0.136. The summed E-state index contributed by atoms with van der Waals surface area (Å²) in [5.74, 6) is -1.12. The summed E-state index contributed by atoms with van der Waals surface area (Å²) in [6.07, 6.45) is -4.66. The minimum absolute atomic E-state index is 0.0665. The van der Waals surface area contributed by atoms with Crippen LogP contribution < -0.4 is 11.1 Å². The molecule has 0 saturated heterocycles. The summed E-state index contributed by atoms with van der Waals surface area (Å²) >= 11 is 0. The molecule has 3 N–H and O–H groups in total. The molecular formula is C12H15F3N2O3S. The normalized spacial score (nSPS) is 12.2. The Kier molecular flexibility index (Phi) is 5.21. The summed E-state index contributed by atoms with van der Waals surface area (Å²) in [7, 11) is -3.25. The summed E-state index contributed by atoms with van der Waals surface area (Å²) in [5, 5.41) is 2.26. The SMILES string of the molecule is CCS(=O)(=O)CCNC(=O)c1ccc(N)c(C(F)(F)F)c1. The van der Waals surface area contributed by atoms with E-state index in [2.05, 4.69) is 5.32 Å². The molecule has 0 aliphatic heterocycles. The first-order chi connectivity index (χ1) is 9.57. The second-order valence-electron chi connectivity index (χ2n) is 4.29. The molecule has 0 saturated carbocycles. The van der Waals surface area contributed by atoms with Crippen LogP contribution in [-0.2, 0) is 16.0 Å². The number of hydrogen-bond acceptors (Lipinski definition) is 4. The molecular weight excluding hydrogens is 309 g/mol. The van der Waals surface area contributed by atoms with Crippen molar-refractivity contribution in [2.45, 2.75) is 13.1 Å². The minimum Gasteiger partial charge on any atom is -0.398 e. The van der Waals surface area contributed by atoms with Crippen molar-refractivity contribution in [1.82, 2.24) is 5.32 Å². The number of sulfone groups is 1. The van der Waals surface area contributed by atoms with Crippen LogP contribution in [-0.4, -0.2) is 32.4 Å². The first kappa shape index (κ1) is 17.3. The van der Waals surface area contributed by atoms with Crippen molar-refractivity contribution in [2.24, 2.45) is 0 Å². The van der Waals surface area contributed by atoms with Crippen molar-refractivity contribution in [1.29, 1.82) is 0 Å². The molecule has 0 aliphatic rings. The maximum Gasteiger partial charge on any atom is 0.418 e. The fraction of sp³-hybridized carbons (Fsp3) is 0.417. The molecule has 0 spiro atoms. The Morgan fingerprint density at radius 3 is 2.48 bits per heavy atom. The molecule has 0 heterocycles. The van der Waals surface area contributed by atoms with Crippen LogP contribution in [0.2, 0.25) is 0 Å². The van der Waals surface area contributed by atoms with E-state index < -0.39 is 33.2 Å². The lowest BCUT2D eigenvalue weighted by Gasteiger charge is -2.12. The van der Waals surface area contributed by atoms with Crippen LogP contribution in [0, 0.1) is 0 Å². The predicted molar refractivity (Wildman–Crippen MR) is 72.5 cm³/mol. The highest BCUT2D eigenvalue weighted by molar-refractivity contribution is 7.91. The average Bonchev–Trinajstić information content (AvgIpc) is 2.37. The molecule has 0 fully saturated rings. The van der Waals surface area contributed by atoms with Crippen LogP contribution in [0.25, 0.3) is 0 Å². The minimum atomic E-state index is -4.66. The summed E-state index contributed by atoms with van der Waals surface area (Å²) in [5.41, 5.74) is 3.41. The van der Waals surface area contributed by atoms with E-state index in [4.69, 9.17) is 5.73 Å². The zero-order chi connectivity index (χ0) is 16.3. The van der Waals surface area contributed by atoms with Gasteiger partial charge in [0.15, 0.2) is 9.84 Å². The van der Waals surface area contributed by atoms with Gasteiger partial charge in [-0.1, -0.05) is 6.92 Å². The molecule has 0 aromatic heterocycles. The van der Waals surface area contributed by atoms with Crippen molar-refractivity contribution in [2.75, 3.05) is 23.8 Å². The largest absolute Gasteiger partial charge is 0.418 e. The number of nitrogen functional groups attached to an aromatic ring is 1. The van der Waals surface area contributed by atoms with Gasteiger partial charge in [0.25, 0.3) is 5.91 Å². The van der Waals surface area contributed by atoms with Crippen LogP contribution in [0.4, 0.5) is 18.9 Å². The van der Waals surface area contributed by atoms with Crippen LogP contribution in [0.15, 0.2) is 18.2 Å². The van der Waals surface area contributed by atoms with Gasteiger partial charge in [0.2, 0.25) is 0 Å². The first-order valence-electron chi connectivity index (χ1n) is 6.02. The van der Waals surface area contributed by atoms with E-state index in [-0.39, 0.29) is 23.6 Å². The van der Waals surface area contributed by atoms with Crippen molar-refractivity contribution in [3.05, 3.63) is 29.3 Å². The molecule has 0 atom stereocenters. The second-order valence-corrected chi connectivity index (χ2v) is 6.76. The number of carbonyl (C=O) groups is 1. The topological polar surface area (TPSA) is 89.3 Å². The number of benzene rings is 1. The summed E-state index contributed by atoms with van der Waals surface area (Å²) < 4.78 is 60.4. The molecule has 0 radical (unpaired) electrons. The van der Waals surface area contributed by atoms with Gasteiger partial charge in [-0.15, -0.1) is 0 Å². The van der Waals surface area contributed by atoms with Crippen LogP contribution in [0.3, 0.4) is 0 Å². The Balaban J connectivity index is 2.80. The van der Waals surface area contributed by atoms with E-state index in [9.17, 15) is 26.4 Å². The lowest BCUT2D eigenvalue weighted by Crippen LogP contribution is -2.29. The summed E-state index contributed by atoms with van der Waals surface area (Å²) in [6, 6.07) is 2.77. The summed E-state index contributed by atoms with van der Waals surface area (Å²) in [4.78, 5) is 11.7. The first-order valence-corrected chi connectivity index (χ1v) is 7.84. The Bertz CT molecular complexity index is 627. The van der Waals surface area contributed by atoms with E-state index in [0.29, 0.717) is 6.07 Å². The highest BCUT2D eigenvalue weighted by Crippen LogP contribution is 2.33. The monoisotopic (exact) mass is 324 g/mol. The van der Waals surface area contributed by atoms with Crippen LogP contribution in [0.1, 0.15) is 22.8 Å². The van der Waals surface area contributed by atoms with Crippen molar-refractivity contribution < 1.29 is 26.4 Å². The van der Waals surface area contributed by atoms with E-state index >= 15 is 0 Å². The highest BCUT2D eigenvalue weighted by Gasteiger charge is 2.33. The molecule has 118 valence electrons. The average molecular weight is 324 g/mol. The van der Waals surface area contributed by atoms with Gasteiger partial charge in [-0.25, -0.2) is 8.42 Å². The Morgan fingerprint density at radius 2 is 1.95 bits per heavy atom. The fourth-order valence-electron chi connectivity index (χ4n) is 1.51. The van der Waals surface area contributed by atoms with E-state index in [1.807, 2.05) is 0 Å². The molecule has 1 aromatic rings. The quantitative estimate of drug-likeness (QED) is 0.802. The molecule has 5 nitrogen and oxygen atoms in total. The van der Waals surface area contributed by atoms with E-state index in [1.165, 1.54) is 6.92 Å². The van der Waals surface area contributed by atoms with Gasteiger partial charge < -0.3 is 11.1 Å². The number of nitrogens with one attached hydrogen (secondary N) is 1. The van der Waals surface area contributed by atoms with Crippen molar-refractivity contribution in [3.8, 4) is 0 Å². The van der Waals surface area contributed by atoms with Gasteiger partial charge in [0.05, 0.1) is 11.3 Å². The van der Waals surface area contributed by atoms with Gasteiger partial charge >= 0.3 is 6.18 Å². The molecule has 1 aromatic carbocycles.